The molecule has 9 nitrogen and oxygen atoms in total. The van der Waals surface area contributed by atoms with Crippen molar-refractivity contribution in [2.75, 3.05) is 57.9 Å². The number of rotatable bonds is 7. The number of nitrogens with zero attached hydrogens (tertiary/aromatic N) is 3. The number of likely N-dealkylation sites (N-methyl/N-ethyl adjacent to an activating group) is 1. The van der Waals surface area contributed by atoms with Gasteiger partial charge in [0.05, 0.1) is 18.8 Å². The van der Waals surface area contributed by atoms with Gasteiger partial charge in [-0.2, -0.15) is 0 Å². The monoisotopic (exact) mass is 517 g/mol. The first-order chi connectivity index (χ1) is 18.3. The summed E-state index contributed by atoms with van der Waals surface area (Å²) in [6, 6.07) is 12.1. The second-order valence-electron chi connectivity index (χ2n) is 9.64. The van der Waals surface area contributed by atoms with Gasteiger partial charge in [-0.3, -0.25) is 19.3 Å². The number of benzene rings is 2. The third kappa shape index (κ3) is 3.90. The maximum absolute atomic E-state index is 14.1. The fourth-order valence-corrected chi connectivity index (χ4v) is 5.59. The quantitative estimate of drug-likeness (QED) is 0.261. The van der Waals surface area contributed by atoms with Crippen molar-refractivity contribution < 1.29 is 29.0 Å². The fourth-order valence-electron chi connectivity index (χ4n) is 5.59. The van der Waals surface area contributed by atoms with Crippen LogP contribution in [0.2, 0.25) is 0 Å². The van der Waals surface area contributed by atoms with E-state index in [0.29, 0.717) is 62.0 Å². The van der Waals surface area contributed by atoms with E-state index < -0.39 is 28.9 Å². The second-order valence-corrected chi connectivity index (χ2v) is 9.64. The molecule has 2 aromatic rings. The Hall–Kier alpha value is -3.95. The maximum atomic E-state index is 14.1. The lowest BCUT2D eigenvalue weighted by Crippen LogP contribution is -2.53. The summed E-state index contributed by atoms with van der Waals surface area (Å²) in [6.45, 7) is 8.95. The number of aliphatic hydroxyl groups is 1. The van der Waals surface area contributed by atoms with Crippen LogP contribution in [0, 0.1) is 6.92 Å². The summed E-state index contributed by atoms with van der Waals surface area (Å²) in [6.07, 6.45) is 1.63. The molecule has 9 heteroatoms. The van der Waals surface area contributed by atoms with E-state index >= 15 is 0 Å². The first kappa shape index (κ1) is 25.7. The van der Waals surface area contributed by atoms with E-state index in [1.807, 2.05) is 6.92 Å². The lowest BCUT2D eigenvalue weighted by molar-refractivity contribution is -0.144. The molecule has 2 fully saturated rings. The Morgan fingerprint density at radius 2 is 1.87 bits per heavy atom. The van der Waals surface area contributed by atoms with Gasteiger partial charge in [-0.15, -0.1) is 0 Å². The molecule has 198 valence electrons. The predicted molar refractivity (Wildman–Crippen MR) is 142 cm³/mol. The number of hydrogen-bond acceptors (Lipinski definition) is 7. The van der Waals surface area contributed by atoms with Crippen molar-refractivity contribution in [3.05, 3.63) is 77.4 Å². The Morgan fingerprint density at radius 3 is 2.58 bits per heavy atom. The van der Waals surface area contributed by atoms with Gasteiger partial charge in [-0.25, -0.2) is 0 Å². The summed E-state index contributed by atoms with van der Waals surface area (Å²) in [5, 5.41) is 11.6. The van der Waals surface area contributed by atoms with Crippen LogP contribution in [-0.4, -0.2) is 85.6 Å². The van der Waals surface area contributed by atoms with Gasteiger partial charge in [-0.05, 0) is 36.8 Å². The smallest absolute Gasteiger partial charge is 0.296 e. The Bertz CT molecular complexity index is 1350. The minimum Gasteiger partial charge on any atom is -0.507 e. The topological polar surface area (TPSA) is 99.6 Å². The maximum Gasteiger partial charge on any atom is 0.296 e. The molecule has 0 radical (unpaired) electrons. The van der Waals surface area contributed by atoms with Crippen LogP contribution in [0.15, 0.2) is 60.7 Å². The summed E-state index contributed by atoms with van der Waals surface area (Å²) < 4.78 is 11.1. The van der Waals surface area contributed by atoms with Gasteiger partial charge in [0.15, 0.2) is 5.54 Å². The van der Waals surface area contributed by atoms with Crippen LogP contribution < -0.4 is 9.64 Å². The van der Waals surface area contributed by atoms with Crippen LogP contribution in [0.25, 0.3) is 5.76 Å². The number of aliphatic hydroxyl groups excluding tert-OH is 1. The minimum atomic E-state index is -1.76. The molecule has 3 aliphatic heterocycles. The van der Waals surface area contributed by atoms with Crippen molar-refractivity contribution in [1.29, 1.82) is 0 Å². The van der Waals surface area contributed by atoms with Crippen molar-refractivity contribution in [3.63, 3.8) is 0 Å². The highest BCUT2D eigenvalue weighted by atomic mass is 16.5. The number of fused-ring (bicyclic) bond motifs is 2. The Labute approximate surface area is 221 Å². The minimum absolute atomic E-state index is 0.141. The van der Waals surface area contributed by atoms with Crippen LogP contribution in [0.3, 0.4) is 0 Å². The number of carbonyl (C=O) groups excluding carboxylic acids is 3. The first-order valence-corrected chi connectivity index (χ1v) is 12.6. The lowest BCUT2D eigenvalue weighted by Gasteiger charge is -2.36. The van der Waals surface area contributed by atoms with E-state index in [-0.39, 0.29) is 12.1 Å². The average Bonchev–Trinajstić information content (AvgIpc) is 3.29. The highest BCUT2D eigenvalue weighted by Crippen LogP contribution is 2.53. The van der Waals surface area contributed by atoms with E-state index in [1.54, 1.807) is 55.6 Å². The summed E-state index contributed by atoms with van der Waals surface area (Å²) in [5.41, 5.74) is 0.150. The highest BCUT2D eigenvalue weighted by molar-refractivity contribution is 6.50. The Balaban J connectivity index is 1.66. The summed E-state index contributed by atoms with van der Waals surface area (Å²) >= 11 is 0. The van der Waals surface area contributed by atoms with Gasteiger partial charge in [0.2, 0.25) is 0 Å². The van der Waals surface area contributed by atoms with Gasteiger partial charge >= 0.3 is 0 Å². The molecule has 1 spiro atoms. The van der Waals surface area contributed by atoms with E-state index in [9.17, 15) is 19.5 Å². The normalized spacial score (nSPS) is 22.8. The van der Waals surface area contributed by atoms with Gasteiger partial charge in [0.25, 0.3) is 17.6 Å². The molecular formula is C29H31N3O6. The van der Waals surface area contributed by atoms with Crippen LogP contribution in [0.4, 0.5) is 5.69 Å². The molecule has 3 heterocycles. The van der Waals surface area contributed by atoms with Crippen molar-refractivity contribution in [2.45, 2.75) is 12.5 Å². The fraction of sp³-hybridized carbons (Fsp3) is 0.345. The van der Waals surface area contributed by atoms with Crippen molar-refractivity contribution in [2.24, 2.45) is 0 Å². The molecule has 1 N–H and O–H groups in total. The molecule has 1 unspecified atom stereocenters. The van der Waals surface area contributed by atoms with Gasteiger partial charge in [0.1, 0.15) is 18.1 Å². The number of ketones is 1. The third-order valence-electron chi connectivity index (χ3n) is 7.49. The van der Waals surface area contributed by atoms with Gasteiger partial charge < -0.3 is 24.4 Å². The number of anilines is 1. The van der Waals surface area contributed by atoms with Crippen LogP contribution in [0.1, 0.15) is 16.7 Å². The van der Waals surface area contributed by atoms with E-state index in [0.717, 1.165) is 5.56 Å². The molecule has 0 saturated carbocycles. The first-order valence-electron chi connectivity index (χ1n) is 12.6. The molecule has 2 aromatic carbocycles. The zero-order valence-corrected chi connectivity index (χ0v) is 21.6. The summed E-state index contributed by atoms with van der Waals surface area (Å²) in [7, 11) is 1.62. The molecule has 0 bridgehead atoms. The van der Waals surface area contributed by atoms with E-state index in [2.05, 4.69) is 11.5 Å². The van der Waals surface area contributed by atoms with Crippen LogP contribution in [-0.2, 0) is 24.7 Å². The number of para-hydroxylation sites is 1. The molecule has 5 rings (SSSR count). The average molecular weight is 518 g/mol. The molecule has 38 heavy (non-hydrogen) atoms. The number of Topliss-reactive ketones (excluding diaryl/α,β-unsaturated/α-hetero) is 1. The molecule has 0 aliphatic carbocycles. The molecule has 3 aliphatic rings. The zero-order chi connectivity index (χ0) is 27.0. The van der Waals surface area contributed by atoms with Crippen LogP contribution in [0.5, 0.6) is 5.75 Å². The van der Waals surface area contributed by atoms with Crippen molar-refractivity contribution in [1.82, 2.24) is 9.80 Å². The van der Waals surface area contributed by atoms with Crippen molar-refractivity contribution in [3.8, 4) is 5.75 Å². The van der Waals surface area contributed by atoms with Crippen LogP contribution >= 0.6 is 0 Å². The number of amides is 2. The number of hydrogen-bond donors (Lipinski definition) is 1. The highest BCUT2D eigenvalue weighted by Gasteiger charge is 2.66. The number of ether oxygens (including phenoxy) is 2. The Morgan fingerprint density at radius 1 is 1.13 bits per heavy atom. The predicted octanol–water partition coefficient (Wildman–Crippen LogP) is 2.44. The SMILES string of the molecule is C=CCOc1ccc(/C(O)=C2/C(=O)C(=O)N(CCN3CCOCC3)C23C(=O)N(C)c2ccccc23)cc1C. The molecular weight excluding hydrogens is 486 g/mol. The van der Waals surface area contributed by atoms with Gasteiger partial charge in [-0.1, -0.05) is 30.9 Å². The number of morpholine rings is 1. The molecule has 1 atom stereocenters. The molecule has 2 amide bonds. The summed E-state index contributed by atoms with van der Waals surface area (Å²) in [5.74, 6) is -1.93. The number of aryl methyl sites for hydroxylation is 1. The van der Waals surface area contributed by atoms with Crippen molar-refractivity contribution >= 4 is 29.0 Å². The standard InChI is InChI=1S/C29H31N3O6/c1-4-15-38-23-10-9-20(18-19(23)2)25(33)24-26(34)27(35)32(12-11-31-13-16-37-17-14-31)29(24)21-7-5-6-8-22(21)30(3)28(29)36/h4-10,18,33H,1,11-17H2,2-3H3/b25-24+. The van der Waals surface area contributed by atoms with E-state index in [4.69, 9.17) is 9.47 Å². The number of likely N-dealkylation sites (tertiary alicyclic amines) is 1. The largest absolute Gasteiger partial charge is 0.507 e. The molecule has 2 saturated heterocycles. The second kappa shape index (κ2) is 10.1. The third-order valence-corrected chi connectivity index (χ3v) is 7.49. The van der Waals surface area contributed by atoms with E-state index in [1.165, 1.54) is 9.80 Å². The zero-order valence-electron chi connectivity index (χ0n) is 21.6. The Kier molecular flexibility index (Phi) is 6.81. The summed E-state index contributed by atoms with van der Waals surface area (Å²) in [4.78, 5) is 46.2. The number of carbonyl (C=O) groups is 3. The van der Waals surface area contributed by atoms with Gasteiger partial charge in [0, 0.05) is 50.0 Å². The molecule has 0 aromatic heterocycles. The lowest BCUT2D eigenvalue weighted by atomic mass is 9.81.